The van der Waals surface area contributed by atoms with Gasteiger partial charge in [-0.15, -0.1) is 0 Å². The molecule has 0 saturated carbocycles. The van der Waals surface area contributed by atoms with Gasteiger partial charge in [-0.1, -0.05) is 20.3 Å². The summed E-state index contributed by atoms with van der Waals surface area (Å²) in [4.78, 5) is 10.4. The van der Waals surface area contributed by atoms with Crippen LogP contribution < -0.4 is 0 Å². The van der Waals surface area contributed by atoms with Gasteiger partial charge in [-0.2, -0.15) is 0 Å². The van der Waals surface area contributed by atoms with Crippen LogP contribution in [0.25, 0.3) is 0 Å². The molecule has 0 bridgehead atoms. The second-order valence-electron chi connectivity index (χ2n) is 2.76. The predicted molar refractivity (Wildman–Crippen MR) is 37.7 cm³/mol. The van der Waals surface area contributed by atoms with Gasteiger partial charge >= 0.3 is 5.97 Å². The summed E-state index contributed by atoms with van der Waals surface area (Å²) in [5, 5.41) is 17.8. The summed E-state index contributed by atoms with van der Waals surface area (Å²) in [6.07, 6.45) is 0.666. The maximum absolute atomic E-state index is 10.4. The van der Waals surface area contributed by atoms with Gasteiger partial charge in [-0.25, -0.2) is 4.79 Å². The Morgan fingerprint density at radius 2 is 2.10 bits per heavy atom. The van der Waals surface area contributed by atoms with Crippen molar-refractivity contribution in [2.45, 2.75) is 32.8 Å². The molecule has 0 aliphatic rings. The Morgan fingerprint density at radius 1 is 1.70 bits per heavy atom. The van der Waals surface area contributed by atoms with Gasteiger partial charge in [0.1, 0.15) is 0 Å². The molecule has 60 valence electrons. The Kier molecular flexibility index (Phi) is 2.84. The van der Waals surface area contributed by atoms with Crippen molar-refractivity contribution >= 4 is 5.97 Å². The monoisotopic (exact) mass is 146 g/mol. The largest absolute Gasteiger partial charge is 0.479 e. The Bertz CT molecular complexity index is 129. The van der Waals surface area contributed by atoms with E-state index < -0.39 is 11.6 Å². The molecule has 0 spiro atoms. The van der Waals surface area contributed by atoms with E-state index in [1.807, 2.05) is 6.92 Å². The van der Waals surface area contributed by atoms with Crippen LogP contribution >= 0.6 is 0 Å². The van der Waals surface area contributed by atoms with Crippen molar-refractivity contribution in [1.82, 2.24) is 0 Å². The number of carbonyl (C=O) groups is 1. The highest BCUT2D eigenvalue weighted by Gasteiger charge is 2.34. The van der Waals surface area contributed by atoms with E-state index in [0.717, 1.165) is 0 Å². The molecule has 0 aromatic rings. The lowest BCUT2D eigenvalue weighted by atomic mass is 9.89. The fourth-order valence-electron chi connectivity index (χ4n) is 0.608. The van der Waals surface area contributed by atoms with E-state index in [9.17, 15) is 9.90 Å². The number of carboxylic acids is 1. The number of aliphatic carboxylic acids is 1. The first-order chi connectivity index (χ1) is 4.42. The summed E-state index contributed by atoms with van der Waals surface area (Å²) in [6, 6.07) is 0. The molecular weight excluding hydrogens is 132 g/mol. The van der Waals surface area contributed by atoms with Crippen LogP contribution in [0.3, 0.4) is 0 Å². The van der Waals surface area contributed by atoms with Gasteiger partial charge in [0.2, 0.25) is 0 Å². The smallest absolute Gasteiger partial charge is 0.335 e. The number of rotatable bonds is 3. The van der Waals surface area contributed by atoms with E-state index in [1.165, 1.54) is 6.92 Å². The Hall–Kier alpha value is -0.570. The third-order valence-electron chi connectivity index (χ3n) is 2.00. The third kappa shape index (κ3) is 1.70. The van der Waals surface area contributed by atoms with Gasteiger partial charge in [0.25, 0.3) is 0 Å². The zero-order valence-electron chi connectivity index (χ0n) is 6.59. The van der Waals surface area contributed by atoms with Gasteiger partial charge in [0, 0.05) is 0 Å². The highest BCUT2D eigenvalue weighted by molar-refractivity contribution is 5.76. The fourth-order valence-corrected chi connectivity index (χ4v) is 0.608. The Balaban J connectivity index is 4.23. The molecule has 0 aliphatic carbocycles. The fraction of sp³-hybridized carbons (Fsp3) is 0.857. The van der Waals surface area contributed by atoms with Crippen molar-refractivity contribution in [3.63, 3.8) is 0 Å². The number of hydrogen-bond acceptors (Lipinski definition) is 2. The van der Waals surface area contributed by atoms with E-state index in [0.29, 0.717) is 6.42 Å². The molecule has 10 heavy (non-hydrogen) atoms. The molecule has 0 aliphatic heterocycles. The molecule has 3 heteroatoms. The molecule has 3 nitrogen and oxygen atoms in total. The summed E-state index contributed by atoms with van der Waals surface area (Å²) >= 11 is 0. The lowest BCUT2D eigenvalue weighted by Gasteiger charge is -2.24. The highest BCUT2D eigenvalue weighted by Crippen LogP contribution is 2.19. The van der Waals surface area contributed by atoms with Gasteiger partial charge < -0.3 is 10.2 Å². The maximum Gasteiger partial charge on any atom is 0.335 e. The highest BCUT2D eigenvalue weighted by atomic mass is 16.4. The Morgan fingerprint density at radius 3 is 2.20 bits per heavy atom. The van der Waals surface area contributed by atoms with Crippen LogP contribution in [0.15, 0.2) is 0 Å². The SMILES string of the molecule is CCC(C)C(C)(O)C(=O)O. The number of carboxylic acid groups (broad SMARTS) is 1. The first kappa shape index (κ1) is 9.43. The van der Waals surface area contributed by atoms with Crippen molar-refractivity contribution in [2.75, 3.05) is 0 Å². The normalized spacial score (nSPS) is 19.6. The second kappa shape index (κ2) is 3.01. The number of hydrogen-bond donors (Lipinski definition) is 2. The van der Waals surface area contributed by atoms with Gasteiger partial charge in [-0.05, 0) is 12.8 Å². The molecule has 0 aromatic carbocycles. The summed E-state index contributed by atoms with van der Waals surface area (Å²) in [7, 11) is 0. The zero-order valence-corrected chi connectivity index (χ0v) is 6.59. The molecule has 2 atom stereocenters. The maximum atomic E-state index is 10.4. The average molecular weight is 146 g/mol. The summed E-state index contributed by atoms with van der Waals surface area (Å²) < 4.78 is 0. The average Bonchev–Trinajstić information content (AvgIpc) is 1.86. The lowest BCUT2D eigenvalue weighted by molar-refractivity contribution is -0.161. The topological polar surface area (TPSA) is 57.5 Å². The van der Waals surface area contributed by atoms with E-state index >= 15 is 0 Å². The van der Waals surface area contributed by atoms with Crippen LogP contribution in [0.5, 0.6) is 0 Å². The van der Waals surface area contributed by atoms with Crippen LogP contribution in [0.2, 0.25) is 0 Å². The molecule has 0 saturated heterocycles. The zero-order chi connectivity index (χ0) is 8.36. The molecule has 0 rings (SSSR count). The lowest BCUT2D eigenvalue weighted by Crippen LogP contribution is -2.41. The minimum Gasteiger partial charge on any atom is -0.479 e. The van der Waals surface area contributed by atoms with Crippen LogP contribution in [-0.4, -0.2) is 21.8 Å². The van der Waals surface area contributed by atoms with Crippen LogP contribution in [0.4, 0.5) is 0 Å². The van der Waals surface area contributed by atoms with Gasteiger partial charge in [0.15, 0.2) is 5.60 Å². The standard InChI is InChI=1S/C7H14O3/c1-4-5(2)7(3,10)6(8)9/h5,10H,4H2,1-3H3,(H,8,9). The van der Waals surface area contributed by atoms with E-state index in [2.05, 4.69) is 0 Å². The quantitative estimate of drug-likeness (QED) is 0.621. The number of aliphatic hydroxyl groups is 1. The van der Waals surface area contributed by atoms with Crippen molar-refractivity contribution in [1.29, 1.82) is 0 Å². The van der Waals surface area contributed by atoms with Gasteiger partial charge in [-0.3, -0.25) is 0 Å². The molecule has 0 fully saturated rings. The van der Waals surface area contributed by atoms with Crippen molar-refractivity contribution in [3.05, 3.63) is 0 Å². The van der Waals surface area contributed by atoms with E-state index in [-0.39, 0.29) is 5.92 Å². The van der Waals surface area contributed by atoms with E-state index in [1.54, 1.807) is 6.92 Å². The minimum absolute atomic E-state index is 0.204. The van der Waals surface area contributed by atoms with Gasteiger partial charge in [0.05, 0.1) is 0 Å². The summed E-state index contributed by atoms with van der Waals surface area (Å²) in [5.41, 5.74) is -1.57. The second-order valence-corrected chi connectivity index (χ2v) is 2.76. The first-order valence-corrected chi connectivity index (χ1v) is 3.38. The van der Waals surface area contributed by atoms with Crippen LogP contribution in [0, 0.1) is 5.92 Å². The minimum atomic E-state index is -1.57. The molecular formula is C7H14O3. The van der Waals surface area contributed by atoms with Crippen LogP contribution in [-0.2, 0) is 4.79 Å². The molecule has 0 radical (unpaired) electrons. The van der Waals surface area contributed by atoms with Crippen molar-refractivity contribution in [3.8, 4) is 0 Å². The molecule has 0 heterocycles. The van der Waals surface area contributed by atoms with Crippen molar-refractivity contribution in [2.24, 2.45) is 5.92 Å². The van der Waals surface area contributed by atoms with E-state index in [4.69, 9.17) is 5.11 Å². The predicted octanol–water partition coefficient (Wildman–Crippen LogP) is 0.868. The van der Waals surface area contributed by atoms with Crippen LogP contribution in [0.1, 0.15) is 27.2 Å². The first-order valence-electron chi connectivity index (χ1n) is 3.38. The summed E-state index contributed by atoms with van der Waals surface area (Å²) in [5.74, 6) is -1.35. The Labute approximate surface area is 60.7 Å². The molecule has 2 unspecified atom stereocenters. The third-order valence-corrected chi connectivity index (χ3v) is 2.00. The van der Waals surface area contributed by atoms with Crippen molar-refractivity contribution < 1.29 is 15.0 Å². The summed E-state index contributed by atoms with van der Waals surface area (Å²) in [6.45, 7) is 4.89. The molecule has 0 amide bonds. The molecule has 0 aromatic heterocycles. The molecule has 2 N–H and O–H groups in total.